The van der Waals surface area contributed by atoms with Crippen LogP contribution in [0.25, 0.3) is 11.1 Å². The average Bonchev–Trinajstić information content (AvgIpc) is 2.94. The minimum absolute atomic E-state index is 0.114. The molecule has 7 nitrogen and oxygen atoms in total. The number of ether oxygens (including phenoxy) is 1. The van der Waals surface area contributed by atoms with Gasteiger partial charge >= 0.3 is 0 Å². The van der Waals surface area contributed by atoms with Crippen molar-refractivity contribution in [2.75, 3.05) is 26.7 Å². The third-order valence-electron chi connectivity index (χ3n) is 7.31. The van der Waals surface area contributed by atoms with Crippen molar-refractivity contribution in [3.05, 3.63) is 89.5 Å². The second kappa shape index (κ2) is 11.8. The lowest BCUT2D eigenvalue weighted by Crippen LogP contribution is -2.47. The molecule has 0 radical (unpaired) electrons. The molecule has 0 aliphatic carbocycles. The minimum Gasteiger partial charge on any atom is -0.394 e. The van der Waals surface area contributed by atoms with Gasteiger partial charge in [0.15, 0.2) is 0 Å². The van der Waals surface area contributed by atoms with E-state index in [2.05, 4.69) is 0 Å². The highest BCUT2D eigenvalue weighted by atomic mass is 32.2. The van der Waals surface area contributed by atoms with Crippen LogP contribution in [0.4, 0.5) is 0 Å². The van der Waals surface area contributed by atoms with Gasteiger partial charge in [0.1, 0.15) is 0 Å². The fourth-order valence-electron chi connectivity index (χ4n) is 4.92. The van der Waals surface area contributed by atoms with Crippen molar-refractivity contribution in [2.45, 2.75) is 44.4 Å². The molecule has 38 heavy (non-hydrogen) atoms. The van der Waals surface area contributed by atoms with E-state index >= 15 is 0 Å². The molecular formula is C30H36N2O5S. The summed E-state index contributed by atoms with van der Waals surface area (Å²) < 4.78 is 34.7. The molecule has 1 amide bonds. The van der Waals surface area contributed by atoms with Gasteiger partial charge in [-0.3, -0.25) is 4.79 Å². The summed E-state index contributed by atoms with van der Waals surface area (Å²) in [4.78, 5) is 15.8. The first-order valence-corrected chi connectivity index (χ1v) is 14.3. The van der Waals surface area contributed by atoms with Gasteiger partial charge in [0.2, 0.25) is 10.0 Å². The normalized spacial score (nSPS) is 19.4. The molecule has 0 bridgehead atoms. The molecule has 1 heterocycles. The molecule has 0 aromatic heterocycles. The predicted octanol–water partition coefficient (Wildman–Crippen LogP) is 4.34. The monoisotopic (exact) mass is 536 g/mol. The van der Waals surface area contributed by atoms with Crippen LogP contribution in [0, 0.1) is 12.8 Å². The Hall–Kier alpha value is -3.04. The summed E-state index contributed by atoms with van der Waals surface area (Å²) in [6.45, 7) is 6.04. The number of carbonyl (C=O) groups excluding carboxylic acids is 1. The van der Waals surface area contributed by atoms with Crippen LogP contribution in [-0.2, 0) is 21.4 Å². The first-order chi connectivity index (χ1) is 18.1. The van der Waals surface area contributed by atoms with E-state index in [1.807, 2.05) is 68.4 Å². The first-order valence-electron chi connectivity index (χ1n) is 12.9. The van der Waals surface area contributed by atoms with Gasteiger partial charge in [-0.25, -0.2) is 8.42 Å². The van der Waals surface area contributed by atoms with Gasteiger partial charge in [-0.1, -0.05) is 67.6 Å². The topological polar surface area (TPSA) is 87.2 Å². The summed E-state index contributed by atoms with van der Waals surface area (Å²) in [5.74, 6) is -0.398. The number of amides is 1. The van der Waals surface area contributed by atoms with Gasteiger partial charge in [-0.05, 0) is 48.2 Å². The number of hydrogen-bond acceptors (Lipinski definition) is 5. The van der Waals surface area contributed by atoms with Gasteiger partial charge in [0.05, 0.1) is 30.3 Å². The average molecular weight is 537 g/mol. The Balaban J connectivity index is 1.74. The molecule has 0 saturated carbocycles. The zero-order valence-corrected chi connectivity index (χ0v) is 23.2. The summed E-state index contributed by atoms with van der Waals surface area (Å²) >= 11 is 0. The van der Waals surface area contributed by atoms with Crippen molar-refractivity contribution in [3.63, 3.8) is 0 Å². The van der Waals surface area contributed by atoms with Crippen LogP contribution in [0.5, 0.6) is 0 Å². The molecule has 3 aromatic rings. The van der Waals surface area contributed by atoms with Crippen molar-refractivity contribution in [1.82, 2.24) is 9.21 Å². The SMILES string of the molecule is Cc1ccccc1S(=O)(=O)N(C)C[C@H]1OCc2ccccc2-c2ccccc2C(=O)N([C@@H](C)CO)C[C@@H]1C. The highest BCUT2D eigenvalue weighted by Gasteiger charge is 2.33. The molecule has 1 aliphatic heterocycles. The Kier molecular flexibility index (Phi) is 8.67. The number of rotatable bonds is 6. The number of aryl methyl sites for hydroxylation is 1. The smallest absolute Gasteiger partial charge is 0.254 e. The number of sulfonamides is 1. The Morgan fingerprint density at radius 1 is 1.00 bits per heavy atom. The molecule has 1 N–H and O–H groups in total. The Morgan fingerprint density at radius 2 is 1.61 bits per heavy atom. The highest BCUT2D eigenvalue weighted by molar-refractivity contribution is 7.89. The summed E-state index contributed by atoms with van der Waals surface area (Å²) in [6.07, 6.45) is -0.505. The predicted molar refractivity (Wildman–Crippen MR) is 148 cm³/mol. The van der Waals surface area contributed by atoms with Gasteiger partial charge < -0.3 is 14.7 Å². The van der Waals surface area contributed by atoms with Crippen LogP contribution in [-0.4, -0.2) is 67.5 Å². The summed E-state index contributed by atoms with van der Waals surface area (Å²) in [5.41, 5.74) is 3.85. The molecular weight excluding hydrogens is 500 g/mol. The summed E-state index contributed by atoms with van der Waals surface area (Å²) in [7, 11) is -2.19. The van der Waals surface area contributed by atoms with Crippen LogP contribution >= 0.6 is 0 Å². The molecule has 3 aromatic carbocycles. The molecule has 4 rings (SSSR count). The lowest BCUT2D eigenvalue weighted by molar-refractivity contribution is -0.0146. The quantitative estimate of drug-likeness (QED) is 0.507. The fourth-order valence-corrected chi connectivity index (χ4v) is 6.32. The summed E-state index contributed by atoms with van der Waals surface area (Å²) in [6, 6.07) is 21.8. The summed E-state index contributed by atoms with van der Waals surface area (Å²) in [5, 5.41) is 10.00. The molecule has 0 saturated heterocycles. The van der Waals surface area contributed by atoms with Crippen molar-refractivity contribution in [1.29, 1.82) is 0 Å². The Bertz CT molecular complexity index is 1390. The highest BCUT2D eigenvalue weighted by Crippen LogP contribution is 2.31. The molecule has 0 fully saturated rings. The number of carbonyl (C=O) groups is 1. The second-order valence-electron chi connectivity index (χ2n) is 10.1. The lowest BCUT2D eigenvalue weighted by atomic mass is 9.94. The third kappa shape index (κ3) is 5.68. The number of likely N-dealkylation sites (N-methyl/N-ethyl adjacent to an activating group) is 1. The Labute approximate surface area is 225 Å². The van der Waals surface area contributed by atoms with E-state index in [-0.39, 0.29) is 36.5 Å². The lowest BCUT2D eigenvalue weighted by Gasteiger charge is -2.35. The molecule has 202 valence electrons. The maximum absolute atomic E-state index is 13.9. The zero-order valence-electron chi connectivity index (χ0n) is 22.4. The van der Waals surface area contributed by atoms with Gasteiger partial charge in [0.25, 0.3) is 5.91 Å². The number of benzene rings is 3. The number of hydrogen-bond donors (Lipinski definition) is 1. The standard InChI is InChI=1S/C30H36N2O5S/c1-21-11-5-10-16-29(21)38(35,36)31(4)18-28-22(2)17-32(23(3)19-33)30(34)27-15-9-8-14-26(27)25-13-7-6-12-24(25)20-37-28/h5-16,22-23,28,33H,17-20H2,1-4H3/t22-,23-,28+/m0/s1. The van der Waals surface area contributed by atoms with Crippen LogP contribution in [0.15, 0.2) is 77.7 Å². The van der Waals surface area contributed by atoms with E-state index in [0.717, 1.165) is 16.7 Å². The van der Waals surface area contributed by atoms with Crippen molar-refractivity contribution >= 4 is 15.9 Å². The van der Waals surface area contributed by atoms with Crippen LogP contribution in [0.1, 0.15) is 35.3 Å². The van der Waals surface area contributed by atoms with Crippen LogP contribution < -0.4 is 0 Å². The van der Waals surface area contributed by atoms with Crippen molar-refractivity contribution in [2.24, 2.45) is 5.92 Å². The van der Waals surface area contributed by atoms with E-state index in [1.165, 1.54) is 4.31 Å². The van der Waals surface area contributed by atoms with E-state index in [0.29, 0.717) is 17.7 Å². The second-order valence-corrected chi connectivity index (χ2v) is 12.1. The van der Waals surface area contributed by atoms with Gasteiger partial charge in [0, 0.05) is 31.6 Å². The van der Waals surface area contributed by atoms with Crippen molar-refractivity contribution < 1.29 is 23.1 Å². The minimum atomic E-state index is -3.75. The Morgan fingerprint density at radius 3 is 2.29 bits per heavy atom. The van der Waals surface area contributed by atoms with Crippen LogP contribution in [0.3, 0.4) is 0 Å². The number of nitrogens with zero attached hydrogens (tertiary/aromatic N) is 2. The molecule has 8 heteroatoms. The van der Waals surface area contributed by atoms with Crippen LogP contribution in [0.2, 0.25) is 0 Å². The van der Waals surface area contributed by atoms with E-state index in [4.69, 9.17) is 4.74 Å². The zero-order chi connectivity index (χ0) is 27.4. The van der Waals surface area contributed by atoms with E-state index in [1.54, 1.807) is 37.1 Å². The molecule has 1 aliphatic rings. The molecule has 0 unspecified atom stereocenters. The van der Waals surface area contributed by atoms with Gasteiger partial charge in [-0.15, -0.1) is 0 Å². The van der Waals surface area contributed by atoms with E-state index in [9.17, 15) is 18.3 Å². The van der Waals surface area contributed by atoms with Gasteiger partial charge in [-0.2, -0.15) is 4.31 Å². The number of fused-ring (bicyclic) bond motifs is 3. The fraction of sp³-hybridized carbons (Fsp3) is 0.367. The molecule has 3 atom stereocenters. The third-order valence-corrected chi connectivity index (χ3v) is 9.30. The first kappa shape index (κ1) is 28.0. The van der Waals surface area contributed by atoms with Crippen molar-refractivity contribution in [3.8, 4) is 11.1 Å². The number of aliphatic hydroxyl groups excluding tert-OH is 1. The largest absolute Gasteiger partial charge is 0.394 e. The number of aliphatic hydroxyl groups is 1. The van der Waals surface area contributed by atoms with E-state index < -0.39 is 22.2 Å². The maximum atomic E-state index is 13.9. The maximum Gasteiger partial charge on any atom is 0.254 e. The molecule has 0 spiro atoms.